The summed E-state index contributed by atoms with van der Waals surface area (Å²) in [7, 11) is 0. The molecular formula is C30H44OS. The normalized spacial score (nSPS) is 11.1. The largest absolute Gasteiger partial charge is 0.287 e. The third-order valence-electron chi connectivity index (χ3n) is 6.18. The third-order valence-corrected chi connectivity index (χ3v) is 7.12. The lowest BCUT2D eigenvalue weighted by Crippen LogP contribution is -1.91. The van der Waals surface area contributed by atoms with Crippen molar-refractivity contribution in [2.75, 3.05) is 0 Å². The maximum absolute atomic E-state index is 12.2. The number of rotatable bonds is 17. The topological polar surface area (TPSA) is 17.1 Å². The Hall–Kier alpha value is -1.54. The number of hydrogen-bond acceptors (Lipinski definition) is 2. The predicted molar refractivity (Wildman–Crippen MR) is 142 cm³/mol. The summed E-state index contributed by atoms with van der Waals surface area (Å²) in [6.07, 6.45) is 18.8. The van der Waals surface area contributed by atoms with E-state index in [9.17, 15) is 4.79 Å². The van der Waals surface area contributed by atoms with Crippen molar-refractivity contribution in [2.24, 2.45) is 0 Å². The summed E-state index contributed by atoms with van der Waals surface area (Å²) in [4.78, 5) is 13.2. The summed E-state index contributed by atoms with van der Waals surface area (Å²) in [5.41, 5.74) is 3.92. The lowest BCUT2D eigenvalue weighted by Gasteiger charge is -2.07. The van der Waals surface area contributed by atoms with Gasteiger partial charge in [0.1, 0.15) is 0 Å². The van der Waals surface area contributed by atoms with Crippen LogP contribution in [-0.4, -0.2) is 5.12 Å². The van der Waals surface area contributed by atoms with Gasteiger partial charge in [0.15, 0.2) is 5.12 Å². The van der Waals surface area contributed by atoms with Crippen molar-refractivity contribution in [1.29, 1.82) is 0 Å². The van der Waals surface area contributed by atoms with Gasteiger partial charge in [-0.15, -0.1) is 0 Å². The fraction of sp³-hybridized carbons (Fsp3) is 0.567. The van der Waals surface area contributed by atoms with E-state index >= 15 is 0 Å². The molecule has 0 aromatic heterocycles. The van der Waals surface area contributed by atoms with E-state index in [0.29, 0.717) is 11.5 Å². The standard InChI is InChI=1S/C30H44OS/c1-3-5-7-9-10-11-13-14-16-26-18-20-27(21-19-26)28-22-24-29(25-23-28)32-30(31)17-15-12-8-6-4-2/h18-25H,3-17H2,1-2H3. The lowest BCUT2D eigenvalue weighted by molar-refractivity contribution is -0.111. The van der Waals surface area contributed by atoms with E-state index in [1.165, 1.54) is 112 Å². The lowest BCUT2D eigenvalue weighted by atomic mass is 10.0. The fourth-order valence-electron chi connectivity index (χ4n) is 4.10. The van der Waals surface area contributed by atoms with Crippen LogP contribution in [0.5, 0.6) is 0 Å². The molecule has 0 N–H and O–H groups in total. The number of hydrogen-bond donors (Lipinski definition) is 0. The van der Waals surface area contributed by atoms with Gasteiger partial charge in [0.05, 0.1) is 0 Å². The first-order chi connectivity index (χ1) is 15.7. The van der Waals surface area contributed by atoms with Gasteiger partial charge < -0.3 is 0 Å². The van der Waals surface area contributed by atoms with Crippen molar-refractivity contribution in [2.45, 2.75) is 115 Å². The van der Waals surface area contributed by atoms with E-state index in [4.69, 9.17) is 0 Å². The summed E-state index contributed by atoms with van der Waals surface area (Å²) in [5.74, 6) is 0. The zero-order valence-electron chi connectivity index (χ0n) is 20.5. The van der Waals surface area contributed by atoms with Gasteiger partial charge in [0.25, 0.3) is 0 Å². The Bertz CT molecular complexity index is 732. The van der Waals surface area contributed by atoms with E-state index in [1.807, 2.05) is 0 Å². The minimum absolute atomic E-state index is 0.291. The average molecular weight is 453 g/mol. The average Bonchev–Trinajstić information content (AvgIpc) is 2.81. The number of thioether (sulfide) groups is 1. The second kappa shape index (κ2) is 17.0. The first kappa shape index (κ1) is 26.7. The molecule has 0 spiro atoms. The van der Waals surface area contributed by atoms with Gasteiger partial charge in [-0.1, -0.05) is 133 Å². The maximum Gasteiger partial charge on any atom is 0.193 e. The highest BCUT2D eigenvalue weighted by Gasteiger charge is 2.06. The molecule has 32 heavy (non-hydrogen) atoms. The molecule has 2 aromatic rings. The molecule has 0 radical (unpaired) electrons. The van der Waals surface area contributed by atoms with E-state index in [-0.39, 0.29) is 0 Å². The number of carbonyl (C=O) groups is 1. The molecule has 0 amide bonds. The minimum Gasteiger partial charge on any atom is -0.287 e. The summed E-state index contributed by atoms with van der Waals surface area (Å²) >= 11 is 1.39. The van der Waals surface area contributed by atoms with Gasteiger partial charge in [0.2, 0.25) is 0 Å². The smallest absolute Gasteiger partial charge is 0.193 e. The van der Waals surface area contributed by atoms with Gasteiger partial charge in [-0.2, -0.15) is 0 Å². The molecule has 0 bridgehead atoms. The molecule has 0 aliphatic rings. The Morgan fingerprint density at radius 2 is 1.06 bits per heavy atom. The SMILES string of the molecule is CCCCCCCCCCc1ccc(-c2ccc(SC(=O)CCCCCCC)cc2)cc1. The van der Waals surface area contributed by atoms with Crippen molar-refractivity contribution in [1.82, 2.24) is 0 Å². The minimum atomic E-state index is 0.291. The van der Waals surface area contributed by atoms with E-state index < -0.39 is 0 Å². The summed E-state index contributed by atoms with van der Waals surface area (Å²) < 4.78 is 0. The Kier molecular flexibility index (Phi) is 14.2. The second-order valence-electron chi connectivity index (χ2n) is 9.08. The molecule has 0 aliphatic heterocycles. The highest BCUT2D eigenvalue weighted by Crippen LogP contribution is 2.26. The highest BCUT2D eigenvalue weighted by molar-refractivity contribution is 8.13. The van der Waals surface area contributed by atoms with Gasteiger partial charge >= 0.3 is 0 Å². The van der Waals surface area contributed by atoms with Crippen molar-refractivity contribution < 1.29 is 4.79 Å². The van der Waals surface area contributed by atoms with Crippen LogP contribution in [0.15, 0.2) is 53.4 Å². The molecule has 2 heteroatoms. The van der Waals surface area contributed by atoms with Crippen LogP contribution in [0.2, 0.25) is 0 Å². The molecule has 2 rings (SSSR count). The van der Waals surface area contributed by atoms with Crippen LogP contribution in [0.3, 0.4) is 0 Å². The number of aryl methyl sites for hydroxylation is 1. The third kappa shape index (κ3) is 11.4. The van der Waals surface area contributed by atoms with Crippen LogP contribution in [0.25, 0.3) is 11.1 Å². The Labute approximate surface area is 201 Å². The first-order valence-electron chi connectivity index (χ1n) is 13.1. The Morgan fingerprint density at radius 3 is 1.62 bits per heavy atom. The second-order valence-corrected chi connectivity index (χ2v) is 10.2. The Morgan fingerprint density at radius 1 is 0.594 bits per heavy atom. The molecule has 0 saturated heterocycles. The molecule has 0 unspecified atom stereocenters. The van der Waals surface area contributed by atoms with Crippen molar-refractivity contribution in [3.05, 3.63) is 54.1 Å². The van der Waals surface area contributed by atoms with E-state index in [2.05, 4.69) is 62.4 Å². The molecule has 0 fully saturated rings. The van der Waals surface area contributed by atoms with E-state index in [0.717, 1.165) is 11.3 Å². The number of unbranched alkanes of at least 4 members (excludes halogenated alkanes) is 11. The molecule has 0 heterocycles. The van der Waals surface area contributed by atoms with Crippen LogP contribution in [0.4, 0.5) is 0 Å². The van der Waals surface area contributed by atoms with Crippen LogP contribution >= 0.6 is 11.8 Å². The predicted octanol–water partition coefficient (Wildman–Crippen LogP) is 10.0. The molecule has 176 valence electrons. The van der Waals surface area contributed by atoms with E-state index in [1.54, 1.807) is 0 Å². The fourth-order valence-corrected chi connectivity index (χ4v) is 4.88. The van der Waals surface area contributed by atoms with Gasteiger partial charge in [-0.25, -0.2) is 0 Å². The quantitative estimate of drug-likeness (QED) is 0.175. The summed E-state index contributed by atoms with van der Waals surface area (Å²) in [6, 6.07) is 17.5. The van der Waals surface area contributed by atoms with Crippen molar-refractivity contribution >= 4 is 16.9 Å². The molecule has 1 nitrogen and oxygen atoms in total. The number of carbonyl (C=O) groups excluding carboxylic acids is 1. The van der Waals surface area contributed by atoms with Gasteiger partial charge in [-0.3, -0.25) is 4.79 Å². The summed E-state index contributed by atoms with van der Waals surface area (Å²) in [6.45, 7) is 4.50. The van der Waals surface area contributed by atoms with Crippen molar-refractivity contribution in [3.63, 3.8) is 0 Å². The van der Waals surface area contributed by atoms with Gasteiger partial charge in [0, 0.05) is 11.3 Å². The molecule has 0 saturated carbocycles. The molecule has 0 atom stereocenters. The maximum atomic E-state index is 12.2. The Balaban J connectivity index is 1.68. The van der Waals surface area contributed by atoms with Crippen molar-refractivity contribution in [3.8, 4) is 11.1 Å². The molecule has 0 aliphatic carbocycles. The van der Waals surface area contributed by atoms with Crippen LogP contribution in [0.1, 0.15) is 109 Å². The highest BCUT2D eigenvalue weighted by atomic mass is 32.2. The molecular weight excluding hydrogens is 408 g/mol. The zero-order chi connectivity index (χ0) is 22.9. The molecule has 2 aromatic carbocycles. The zero-order valence-corrected chi connectivity index (χ0v) is 21.4. The first-order valence-corrected chi connectivity index (χ1v) is 13.9. The summed E-state index contributed by atoms with van der Waals surface area (Å²) in [5, 5.41) is 0.291. The van der Waals surface area contributed by atoms with Crippen LogP contribution in [0, 0.1) is 0 Å². The van der Waals surface area contributed by atoms with Gasteiger partial charge in [-0.05, 0) is 48.1 Å². The monoisotopic (exact) mass is 452 g/mol. The van der Waals surface area contributed by atoms with Crippen LogP contribution in [-0.2, 0) is 11.2 Å². The number of benzene rings is 2. The van der Waals surface area contributed by atoms with Crippen LogP contribution < -0.4 is 0 Å².